The van der Waals surface area contributed by atoms with Gasteiger partial charge in [0.05, 0.1) is 13.0 Å². The molecule has 1 aromatic carbocycles. The minimum atomic E-state index is -0.139. The zero-order chi connectivity index (χ0) is 13.5. The third-order valence-electron chi connectivity index (χ3n) is 3.04. The molecule has 4 heteroatoms. The van der Waals surface area contributed by atoms with Crippen molar-refractivity contribution in [2.75, 3.05) is 13.7 Å². The summed E-state index contributed by atoms with van der Waals surface area (Å²) in [6.45, 7) is 4.84. The van der Waals surface area contributed by atoms with E-state index in [9.17, 15) is 4.79 Å². The molecule has 4 nitrogen and oxygen atoms in total. The van der Waals surface area contributed by atoms with Crippen LogP contribution in [-0.2, 0) is 11.3 Å². The van der Waals surface area contributed by atoms with Gasteiger partial charge in [0.15, 0.2) is 0 Å². The Hall–Kier alpha value is -1.55. The number of nitrogens with two attached hydrogens (primary N) is 1. The summed E-state index contributed by atoms with van der Waals surface area (Å²) in [4.78, 5) is 12.0. The van der Waals surface area contributed by atoms with Crippen molar-refractivity contribution in [2.24, 2.45) is 17.6 Å². The van der Waals surface area contributed by atoms with Gasteiger partial charge in [-0.2, -0.15) is 0 Å². The lowest BCUT2D eigenvalue weighted by molar-refractivity contribution is -0.126. The number of hydrogen-bond acceptors (Lipinski definition) is 3. The van der Waals surface area contributed by atoms with Gasteiger partial charge in [-0.1, -0.05) is 32.0 Å². The SMILES string of the molecule is COc1ccccc1CNC(=O)C(CN)C(C)C. The molecule has 1 aromatic rings. The van der Waals surface area contributed by atoms with E-state index in [1.807, 2.05) is 38.1 Å². The third-order valence-corrected chi connectivity index (χ3v) is 3.04. The molecular formula is C14H22N2O2. The van der Waals surface area contributed by atoms with Gasteiger partial charge in [0.25, 0.3) is 0 Å². The van der Waals surface area contributed by atoms with Crippen molar-refractivity contribution in [2.45, 2.75) is 20.4 Å². The second kappa shape index (κ2) is 7.01. The molecule has 0 aliphatic rings. The van der Waals surface area contributed by atoms with E-state index in [-0.39, 0.29) is 17.7 Å². The average Bonchev–Trinajstić information content (AvgIpc) is 2.37. The number of methoxy groups -OCH3 is 1. The van der Waals surface area contributed by atoms with Crippen molar-refractivity contribution in [3.63, 3.8) is 0 Å². The van der Waals surface area contributed by atoms with E-state index < -0.39 is 0 Å². The zero-order valence-corrected chi connectivity index (χ0v) is 11.3. The van der Waals surface area contributed by atoms with Crippen LogP contribution in [0.2, 0.25) is 0 Å². The largest absolute Gasteiger partial charge is 0.496 e. The van der Waals surface area contributed by atoms with Crippen LogP contribution in [0.5, 0.6) is 5.75 Å². The first kappa shape index (κ1) is 14.5. The Bertz CT molecular complexity index is 391. The van der Waals surface area contributed by atoms with Gasteiger partial charge in [0, 0.05) is 18.7 Å². The van der Waals surface area contributed by atoms with Crippen LogP contribution >= 0.6 is 0 Å². The number of para-hydroxylation sites is 1. The Morgan fingerprint density at radius 3 is 2.61 bits per heavy atom. The van der Waals surface area contributed by atoms with Crippen LogP contribution in [0.3, 0.4) is 0 Å². The van der Waals surface area contributed by atoms with Gasteiger partial charge >= 0.3 is 0 Å². The highest BCUT2D eigenvalue weighted by Gasteiger charge is 2.20. The van der Waals surface area contributed by atoms with Crippen molar-refractivity contribution in [1.29, 1.82) is 0 Å². The monoisotopic (exact) mass is 250 g/mol. The molecule has 0 aliphatic carbocycles. The predicted molar refractivity (Wildman–Crippen MR) is 72.2 cm³/mol. The number of nitrogens with one attached hydrogen (secondary N) is 1. The first-order valence-corrected chi connectivity index (χ1v) is 6.19. The number of benzene rings is 1. The fourth-order valence-corrected chi connectivity index (χ4v) is 1.84. The molecule has 0 aromatic heterocycles. The summed E-state index contributed by atoms with van der Waals surface area (Å²) in [6, 6.07) is 7.64. The normalized spacial score (nSPS) is 12.3. The summed E-state index contributed by atoms with van der Waals surface area (Å²) in [7, 11) is 1.62. The molecule has 1 unspecified atom stereocenters. The predicted octanol–water partition coefficient (Wildman–Crippen LogP) is 1.54. The molecule has 0 spiro atoms. The first-order chi connectivity index (χ1) is 8.60. The van der Waals surface area contributed by atoms with E-state index in [0.29, 0.717) is 13.1 Å². The molecule has 0 radical (unpaired) electrons. The summed E-state index contributed by atoms with van der Waals surface area (Å²) < 4.78 is 5.24. The van der Waals surface area contributed by atoms with Crippen molar-refractivity contribution in [3.05, 3.63) is 29.8 Å². The van der Waals surface area contributed by atoms with Gasteiger partial charge in [0.1, 0.15) is 5.75 Å². The van der Waals surface area contributed by atoms with Crippen LogP contribution < -0.4 is 15.8 Å². The highest BCUT2D eigenvalue weighted by molar-refractivity contribution is 5.79. The average molecular weight is 250 g/mol. The molecule has 0 fully saturated rings. The van der Waals surface area contributed by atoms with Crippen molar-refractivity contribution >= 4 is 5.91 Å². The second-order valence-corrected chi connectivity index (χ2v) is 4.62. The van der Waals surface area contributed by atoms with E-state index in [1.54, 1.807) is 7.11 Å². The molecule has 100 valence electrons. The molecule has 0 saturated heterocycles. The number of carbonyl (C=O) groups is 1. The number of hydrogen-bond donors (Lipinski definition) is 2. The minimum Gasteiger partial charge on any atom is -0.496 e. The van der Waals surface area contributed by atoms with Crippen LogP contribution in [-0.4, -0.2) is 19.6 Å². The van der Waals surface area contributed by atoms with E-state index >= 15 is 0 Å². The van der Waals surface area contributed by atoms with Gasteiger partial charge in [-0.15, -0.1) is 0 Å². The molecule has 1 amide bonds. The van der Waals surface area contributed by atoms with Gasteiger partial charge < -0.3 is 15.8 Å². The fraction of sp³-hybridized carbons (Fsp3) is 0.500. The van der Waals surface area contributed by atoms with E-state index in [4.69, 9.17) is 10.5 Å². The van der Waals surface area contributed by atoms with E-state index in [1.165, 1.54) is 0 Å². The van der Waals surface area contributed by atoms with Crippen molar-refractivity contribution in [3.8, 4) is 5.75 Å². The van der Waals surface area contributed by atoms with Gasteiger partial charge in [-0.05, 0) is 12.0 Å². The number of ether oxygens (including phenoxy) is 1. The van der Waals surface area contributed by atoms with Crippen LogP contribution in [0.15, 0.2) is 24.3 Å². The zero-order valence-electron chi connectivity index (χ0n) is 11.3. The Morgan fingerprint density at radius 2 is 2.06 bits per heavy atom. The Labute approximate surface area is 109 Å². The smallest absolute Gasteiger partial charge is 0.224 e. The lowest BCUT2D eigenvalue weighted by Crippen LogP contribution is -2.37. The molecule has 3 N–H and O–H groups in total. The summed E-state index contributed by atoms with van der Waals surface area (Å²) >= 11 is 0. The third kappa shape index (κ3) is 3.74. The lowest BCUT2D eigenvalue weighted by Gasteiger charge is -2.18. The van der Waals surface area contributed by atoms with E-state index in [2.05, 4.69) is 5.32 Å². The Balaban J connectivity index is 2.62. The summed E-state index contributed by atoms with van der Waals surface area (Å²) in [6.07, 6.45) is 0. The van der Waals surface area contributed by atoms with Crippen LogP contribution in [0, 0.1) is 11.8 Å². The number of amides is 1. The molecule has 18 heavy (non-hydrogen) atoms. The van der Waals surface area contributed by atoms with Gasteiger partial charge in [-0.25, -0.2) is 0 Å². The highest BCUT2D eigenvalue weighted by Crippen LogP contribution is 2.17. The van der Waals surface area contributed by atoms with Gasteiger partial charge in [0.2, 0.25) is 5.91 Å². The molecule has 0 saturated carbocycles. The fourth-order valence-electron chi connectivity index (χ4n) is 1.84. The highest BCUT2D eigenvalue weighted by atomic mass is 16.5. The van der Waals surface area contributed by atoms with Crippen LogP contribution in [0.25, 0.3) is 0 Å². The summed E-state index contributed by atoms with van der Waals surface area (Å²) in [5.74, 6) is 0.887. The maximum atomic E-state index is 12.0. The summed E-state index contributed by atoms with van der Waals surface area (Å²) in [5, 5.41) is 2.91. The molecule has 1 rings (SSSR count). The maximum absolute atomic E-state index is 12.0. The number of rotatable bonds is 6. The minimum absolute atomic E-state index is 0.00148. The Morgan fingerprint density at radius 1 is 1.39 bits per heavy atom. The quantitative estimate of drug-likeness (QED) is 0.805. The molecule has 0 aliphatic heterocycles. The second-order valence-electron chi connectivity index (χ2n) is 4.62. The Kier molecular flexibility index (Phi) is 5.65. The van der Waals surface area contributed by atoms with Crippen molar-refractivity contribution < 1.29 is 9.53 Å². The molecule has 0 bridgehead atoms. The lowest BCUT2D eigenvalue weighted by atomic mass is 9.95. The topological polar surface area (TPSA) is 64.3 Å². The van der Waals surface area contributed by atoms with Crippen LogP contribution in [0.1, 0.15) is 19.4 Å². The van der Waals surface area contributed by atoms with Crippen molar-refractivity contribution in [1.82, 2.24) is 5.32 Å². The van der Waals surface area contributed by atoms with E-state index in [0.717, 1.165) is 11.3 Å². The molecule has 0 heterocycles. The maximum Gasteiger partial charge on any atom is 0.224 e. The van der Waals surface area contributed by atoms with Crippen LogP contribution in [0.4, 0.5) is 0 Å². The first-order valence-electron chi connectivity index (χ1n) is 6.19. The molecule has 1 atom stereocenters. The van der Waals surface area contributed by atoms with Gasteiger partial charge in [-0.3, -0.25) is 4.79 Å². The summed E-state index contributed by atoms with van der Waals surface area (Å²) in [5.41, 5.74) is 6.58. The molecular weight excluding hydrogens is 228 g/mol. The number of carbonyl (C=O) groups excluding carboxylic acids is 1. The standard InChI is InChI=1S/C14H22N2O2/c1-10(2)12(8-15)14(17)16-9-11-6-4-5-7-13(11)18-3/h4-7,10,12H,8-9,15H2,1-3H3,(H,16,17).